The summed E-state index contributed by atoms with van der Waals surface area (Å²) in [6.07, 6.45) is 0. The standard InChI is InChI=1S/C15H14BrNO2/c16-12-4-2-1-3-11(12)15(17)10-5-6-13-14(9-10)19-8-7-18-13/h1-6,9,15H,7-8,17H2. The fourth-order valence-corrected chi connectivity index (χ4v) is 2.69. The van der Waals surface area contributed by atoms with Crippen molar-refractivity contribution in [2.75, 3.05) is 13.2 Å². The normalized spacial score (nSPS) is 15.1. The summed E-state index contributed by atoms with van der Waals surface area (Å²) in [5, 5.41) is 0. The molecule has 3 rings (SSSR count). The van der Waals surface area contributed by atoms with Gasteiger partial charge in [0.1, 0.15) is 13.2 Å². The molecule has 0 amide bonds. The van der Waals surface area contributed by atoms with Crippen LogP contribution in [0.1, 0.15) is 17.2 Å². The summed E-state index contributed by atoms with van der Waals surface area (Å²) in [5.41, 5.74) is 8.39. The van der Waals surface area contributed by atoms with Gasteiger partial charge >= 0.3 is 0 Å². The van der Waals surface area contributed by atoms with Crippen LogP contribution >= 0.6 is 15.9 Å². The highest BCUT2D eigenvalue weighted by atomic mass is 79.9. The lowest BCUT2D eigenvalue weighted by Crippen LogP contribution is -2.17. The van der Waals surface area contributed by atoms with Crippen LogP contribution in [0.4, 0.5) is 0 Å². The first-order valence-electron chi connectivity index (χ1n) is 6.15. The van der Waals surface area contributed by atoms with Crippen LogP contribution in [-0.4, -0.2) is 13.2 Å². The third-order valence-electron chi connectivity index (χ3n) is 3.17. The van der Waals surface area contributed by atoms with Gasteiger partial charge in [0.2, 0.25) is 0 Å². The third-order valence-corrected chi connectivity index (χ3v) is 3.89. The molecule has 0 saturated heterocycles. The molecule has 0 saturated carbocycles. The highest BCUT2D eigenvalue weighted by Crippen LogP contribution is 2.34. The zero-order chi connectivity index (χ0) is 13.2. The minimum atomic E-state index is -0.189. The molecule has 1 unspecified atom stereocenters. The Morgan fingerprint density at radius 2 is 1.74 bits per heavy atom. The minimum Gasteiger partial charge on any atom is -0.486 e. The van der Waals surface area contributed by atoms with Crippen molar-refractivity contribution in [2.24, 2.45) is 5.73 Å². The first-order valence-corrected chi connectivity index (χ1v) is 6.94. The maximum Gasteiger partial charge on any atom is 0.161 e. The summed E-state index contributed by atoms with van der Waals surface area (Å²) in [6, 6.07) is 13.6. The molecular formula is C15H14BrNO2. The first-order chi connectivity index (χ1) is 9.25. The Morgan fingerprint density at radius 1 is 1.00 bits per heavy atom. The second kappa shape index (κ2) is 5.23. The van der Waals surface area contributed by atoms with Gasteiger partial charge in [-0.05, 0) is 29.3 Å². The SMILES string of the molecule is NC(c1ccc2c(c1)OCCO2)c1ccccc1Br. The monoisotopic (exact) mass is 319 g/mol. The molecule has 0 radical (unpaired) electrons. The van der Waals surface area contributed by atoms with Gasteiger partial charge in [-0.25, -0.2) is 0 Å². The van der Waals surface area contributed by atoms with Gasteiger partial charge in [0.25, 0.3) is 0 Å². The largest absolute Gasteiger partial charge is 0.486 e. The molecule has 98 valence electrons. The number of halogens is 1. The number of nitrogens with two attached hydrogens (primary N) is 1. The van der Waals surface area contributed by atoms with Gasteiger partial charge < -0.3 is 15.2 Å². The Bertz CT molecular complexity index is 600. The average Bonchev–Trinajstić information content (AvgIpc) is 2.46. The van der Waals surface area contributed by atoms with Crippen LogP contribution in [0.25, 0.3) is 0 Å². The lowest BCUT2D eigenvalue weighted by Gasteiger charge is -2.21. The van der Waals surface area contributed by atoms with E-state index in [0.29, 0.717) is 13.2 Å². The Hall–Kier alpha value is -1.52. The van der Waals surface area contributed by atoms with Crippen LogP contribution in [0.2, 0.25) is 0 Å². The topological polar surface area (TPSA) is 44.5 Å². The Morgan fingerprint density at radius 3 is 2.53 bits per heavy atom. The van der Waals surface area contributed by atoms with Crippen molar-refractivity contribution in [1.29, 1.82) is 0 Å². The van der Waals surface area contributed by atoms with Gasteiger partial charge in [-0.2, -0.15) is 0 Å². The highest BCUT2D eigenvalue weighted by molar-refractivity contribution is 9.10. The van der Waals surface area contributed by atoms with Crippen LogP contribution < -0.4 is 15.2 Å². The molecule has 0 aromatic heterocycles. The maximum absolute atomic E-state index is 6.32. The zero-order valence-corrected chi connectivity index (χ0v) is 11.9. The molecule has 19 heavy (non-hydrogen) atoms. The number of ether oxygens (including phenoxy) is 2. The second-order valence-corrected chi connectivity index (χ2v) is 5.26. The maximum atomic E-state index is 6.32. The Labute approximate surface area is 120 Å². The van der Waals surface area contributed by atoms with Crippen LogP contribution in [0.15, 0.2) is 46.9 Å². The molecule has 4 heteroatoms. The van der Waals surface area contributed by atoms with Gasteiger partial charge in [0, 0.05) is 4.47 Å². The number of rotatable bonds is 2. The summed E-state index contributed by atoms with van der Waals surface area (Å²) in [5.74, 6) is 1.56. The fourth-order valence-electron chi connectivity index (χ4n) is 2.16. The number of hydrogen-bond acceptors (Lipinski definition) is 3. The van der Waals surface area contributed by atoms with E-state index in [1.165, 1.54) is 0 Å². The van der Waals surface area contributed by atoms with Crippen molar-refractivity contribution in [3.63, 3.8) is 0 Å². The van der Waals surface area contributed by atoms with Crippen molar-refractivity contribution in [3.05, 3.63) is 58.1 Å². The van der Waals surface area contributed by atoms with Crippen LogP contribution in [0.3, 0.4) is 0 Å². The number of hydrogen-bond donors (Lipinski definition) is 1. The quantitative estimate of drug-likeness (QED) is 0.924. The Balaban J connectivity index is 1.96. The summed E-state index contributed by atoms with van der Waals surface area (Å²) in [6.45, 7) is 1.18. The third kappa shape index (κ3) is 2.46. The molecule has 1 aliphatic heterocycles. The minimum absolute atomic E-state index is 0.189. The van der Waals surface area contributed by atoms with Gasteiger partial charge in [0.15, 0.2) is 11.5 Å². The van der Waals surface area contributed by atoms with Crippen molar-refractivity contribution < 1.29 is 9.47 Å². The average molecular weight is 320 g/mol. The molecule has 1 aliphatic rings. The van der Waals surface area contributed by atoms with Crippen molar-refractivity contribution in [1.82, 2.24) is 0 Å². The summed E-state index contributed by atoms with van der Waals surface area (Å²) >= 11 is 3.53. The fraction of sp³-hybridized carbons (Fsp3) is 0.200. The molecule has 1 atom stereocenters. The molecule has 1 heterocycles. The van der Waals surface area contributed by atoms with Gasteiger partial charge in [0.05, 0.1) is 6.04 Å². The van der Waals surface area contributed by atoms with E-state index in [4.69, 9.17) is 15.2 Å². The molecule has 2 aromatic carbocycles. The van der Waals surface area contributed by atoms with Gasteiger partial charge in [-0.1, -0.05) is 40.2 Å². The van der Waals surface area contributed by atoms with E-state index in [1.54, 1.807) is 0 Å². The van der Waals surface area contributed by atoms with E-state index in [2.05, 4.69) is 15.9 Å². The van der Waals surface area contributed by atoms with Crippen LogP contribution in [0.5, 0.6) is 11.5 Å². The molecule has 3 nitrogen and oxygen atoms in total. The number of fused-ring (bicyclic) bond motifs is 1. The van der Waals surface area contributed by atoms with E-state index in [-0.39, 0.29) is 6.04 Å². The van der Waals surface area contributed by atoms with E-state index in [0.717, 1.165) is 27.1 Å². The second-order valence-electron chi connectivity index (χ2n) is 4.40. The van der Waals surface area contributed by atoms with E-state index >= 15 is 0 Å². The van der Waals surface area contributed by atoms with Crippen molar-refractivity contribution >= 4 is 15.9 Å². The zero-order valence-electron chi connectivity index (χ0n) is 10.3. The van der Waals surface area contributed by atoms with Crippen molar-refractivity contribution in [2.45, 2.75) is 6.04 Å². The molecule has 2 N–H and O–H groups in total. The lowest BCUT2D eigenvalue weighted by molar-refractivity contribution is 0.171. The van der Waals surface area contributed by atoms with E-state index in [9.17, 15) is 0 Å². The number of benzene rings is 2. The molecule has 0 fully saturated rings. The van der Waals surface area contributed by atoms with Gasteiger partial charge in [-0.15, -0.1) is 0 Å². The summed E-state index contributed by atoms with van der Waals surface area (Å²) in [7, 11) is 0. The Kier molecular flexibility index (Phi) is 3.44. The first kappa shape index (κ1) is 12.5. The predicted molar refractivity (Wildman–Crippen MR) is 77.6 cm³/mol. The summed E-state index contributed by atoms with van der Waals surface area (Å²) < 4.78 is 12.1. The molecule has 0 bridgehead atoms. The van der Waals surface area contributed by atoms with Crippen molar-refractivity contribution in [3.8, 4) is 11.5 Å². The van der Waals surface area contributed by atoms with E-state index < -0.39 is 0 Å². The lowest BCUT2D eigenvalue weighted by atomic mass is 9.99. The molecule has 0 spiro atoms. The molecule has 0 aliphatic carbocycles. The van der Waals surface area contributed by atoms with Crippen LogP contribution in [-0.2, 0) is 0 Å². The van der Waals surface area contributed by atoms with Gasteiger partial charge in [-0.3, -0.25) is 0 Å². The smallest absolute Gasteiger partial charge is 0.161 e. The predicted octanol–water partition coefficient (Wildman–Crippen LogP) is 3.27. The van der Waals surface area contributed by atoms with Crippen LogP contribution in [0, 0.1) is 0 Å². The highest BCUT2D eigenvalue weighted by Gasteiger charge is 2.16. The van der Waals surface area contributed by atoms with E-state index in [1.807, 2.05) is 42.5 Å². The summed E-state index contributed by atoms with van der Waals surface area (Å²) in [4.78, 5) is 0. The molecule has 2 aromatic rings. The molecular weight excluding hydrogens is 306 g/mol.